The van der Waals surface area contributed by atoms with Crippen LogP contribution in [0.15, 0.2) is 18.2 Å². The van der Waals surface area contributed by atoms with Crippen molar-refractivity contribution in [2.24, 2.45) is 5.73 Å². The number of benzene rings is 1. The third-order valence-corrected chi connectivity index (χ3v) is 3.68. The summed E-state index contributed by atoms with van der Waals surface area (Å²) in [6.07, 6.45) is -2.40. The lowest BCUT2D eigenvalue weighted by atomic mass is 9.76. The Morgan fingerprint density at radius 3 is 2.55 bits per heavy atom. The van der Waals surface area contributed by atoms with E-state index in [0.29, 0.717) is 12.8 Å². The molecule has 20 heavy (non-hydrogen) atoms. The van der Waals surface area contributed by atoms with Gasteiger partial charge in [-0.1, -0.05) is 12.5 Å². The van der Waals surface area contributed by atoms with Gasteiger partial charge in [-0.3, -0.25) is 4.79 Å². The second-order valence-corrected chi connectivity index (χ2v) is 4.97. The number of alkyl halides is 3. The summed E-state index contributed by atoms with van der Waals surface area (Å²) in [6, 6.07) is 4.64. The van der Waals surface area contributed by atoms with Gasteiger partial charge in [0.15, 0.2) is 5.78 Å². The second-order valence-electron chi connectivity index (χ2n) is 4.97. The summed E-state index contributed by atoms with van der Waals surface area (Å²) in [7, 11) is 0. The number of ketones is 1. The van der Waals surface area contributed by atoms with Crippen molar-refractivity contribution in [1.82, 2.24) is 0 Å². The van der Waals surface area contributed by atoms with Crippen molar-refractivity contribution in [2.45, 2.75) is 37.4 Å². The van der Waals surface area contributed by atoms with Crippen molar-refractivity contribution in [1.29, 1.82) is 5.26 Å². The maximum atomic E-state index is 12.7. The highest BCUT2D eigenvalue weighted by Crippen LogP contribution is 2.36. The predicted octanol–water partition coefficient (Wildman–Crippen LogP) is 2.87. The zero-order valence-electron chi connectivity index (χ0n) is 10.6. The highest BCUT2D eigenvalue weighted by molar-refractivity contribution is 5.90. The zero-order chi connectivity index (χ0) is 15.0. The molecular weight excluding hydrogens is 269 g/mol. The van der Waals surface area contributed by atoms with Crippen LogP contribution < -0.4 is 5.73 Å². The SMILES string of the molecule is N#Cc1cc(C2(N)CCCCC2=O)ccc1C(F)(F)F. The second kappa shape index (κ2) is 4.91. The fourth-order valence-electron chi connectivity index (χ4n) is 2.52. The van der Waals surface area contributed by atoms with Crippen LogP contribution in [0.2, 0.25) is 0 Å². The molecule has 0 bridgehead atoms. The van der Waals surface area contributed by atoms with Crippen molar-refractivity contribution >= 4 is 5.78 Å². The normalized spacial score (nSPS) is 23.4. The van der Waals surface area contributed by atoms with Crippen LogP contribution in [-0.4, -0.2) is 5.78 Å². The molecule has 0 saturated heterocycles. The summed E-state index contributed by atoms with van der Waals surface area (Å²) in [5.74, 6) is -0.188. The highest BCUT2D eigenvalue weighted by atomic mass is 19.4. The maximum Gasteiger partial charge on any atom is 0.417 e. The van der Waals surface area contributed by atoms with Crippen molar-refractivity contribution in [3.05, 3.63) is 34.9 Å². The van der Waals surface area contributed by atoms with Crippen molar-refractivity contribution in [3.63, 3.8) is 0 Å². The molecule has 2 N–H and O–H groups in total. The smallest absolute Gasteiger partial charge is 0.315 e. The molecule has 0 aliphatic heterocycles. The van der Waals surface area contributed by atoms with Crippen LogP contribution in [0.25, 0.3) is 0 Å². The third-order valence-electron chi connectivity index (χ3n) is 3.68. The van der Waals surface area contributed by atoms with Gasteiger partial charge in [0.25, 0.3) is 0 Å². The Kier molecular flexibility index (Phi) is 3.57. The van der Waals surface area contributed by atoms with Gasteiger partial charge in [-0.05, 0) is 30.5 Å². The molecule has 106 valence electrons. The Labute approximate surface area is 114 Å². The summed E-state index contributed by atoms with van der Waals surface area (Å²) in [5, 5.41) is 8.88. The van der Waals surface area contributed by atoms with Crippen molar-refractivity contribution < 1.29 is 18.0 Å². The lowest BCUT2D eigenvalue weighted by Gasteiger charge is -2.32. The number of hydrogen-bond acceptors (Lipinski definition) is 3. The largest absolute Gasteiger partial charge is 0.417 e. The molecule has 0 radical (unpaired) electrons. The van der Waals surface area contributed by atoms with Gasteiger partial charge < -0.3 is 5.73 Å². The maximum absolute atomic E-state index is 12.7. The van der Waals surface area contributed by atoms with Gasteiger partial charge in [0.2, 0.25) is 0 Å². The molecule has 1 atom stereocenters. The van der Waals surface area contributed by atoms with Crippen LogP contribution in [-0.2, 0) is 16.5 Å². The van der Waals surface area contributed by atoms with Gasteiger partial charge in [-0.25, -0.2) is 0 Å². The first kappa shape index (κ1) is 14.5. The standard InChI is InChI=1S/C14H13F3N2O/c15-14(16,17)11-5-4-10(7-9(11)8-18)13(19)6-2-1-3-12(13)20/h4-5,7H,1-3,6,19H2. The third kappa shape index (κ3) is 2.41. The summed E-state index contributed by atoms with van der Waals surface area (Å²) in [5.41, 5.74) is 3.57. The van der Waals surface area contributed by atoms with Crippen LogP contribution in [0, 0.1) is 11.3 Å². The molecule has 0 amide bonds. The van der Waals surface area contributed by atoms with Crippen LogP contribution in [0.3, 0.4) is 0 Å². The molecule has 0 heterocycles. The predicted molar refractivity (Wildman–Crippen MR) is 65.5 cm³/mol. The first-order valence-corrected chi connectivity index (χ1v) is 6.23. The van der Waals surface area contributed by atoms with Crippen LogP contribution in [0.1, 0.15) is 42.4 Å². The van der Waals surface area contributed by atoms with E-state index < -0.39 is 22.8 Å². The van der Waals surface area contributed by atoms with E-state index in [0.717, 1.165) is 25.0 Å². The Hall–Kier alpha value is -1.87. The highest BCUT2D eigenvalue weighted by Gasteiger charge is 2.39. The Balaban J connectivity index is 2.50. The number of carbonyl (C=O) groups excluding carboxylic acids is 1. The van der Waals surface area contributed by atoms with Crippen LogP contribution >= 0.6 is 0 Å². The molecule has 1 aliphatic carbocycles. The lowest BCUT2D eigenvalue weighted by Crippen LogP contribution is -2.47. The summed E-state index contributed by atoms with van der Waals surface area (Å²) in [4.78, 5) is 12.0. The topological polar surface area (TPSA) is 66.9 Å². The van der Waals surface area contributed by atoms with E-state index in [1.165, 1.54) is 12.1 Å². The molecular formula is C14H13F3N2O. The quantitative estimate of drug-likeness (QED) is 0.861. The minimum absolute atomic E-state index is 0.188. The molecule has 1 aromatic rings. The molecule has 3 nitrogen and oxygen atoms in total. The summed E-state index contributed by atoms with van der Waals surface area (Å²) < 4.78 is 38.2. The number of nitrogens with two attached hydrogens (primary N) is 1. The van der Waals surface area contributed by atoms with E-state index in [-0.39, 0.29) is 11.3 Å². The first-order chi connectivity index (χ1) is 9.29. The van der Waals surface area contributed by atoms with E-state index in [2.05, 4.69) is 0 Å². The first-order valence-electron chi connectivity index (χ1n) is 6.23. The van der Waals surface area contributed by atoms with E-state index in [4.69, 9.17) is 11.0 Å². The Morgan fingerprint density at radius 2 is 2.00 bits per heavy atom. The van der Waals surface area contributed by atoms with E-state index in [1.54, 1.807) is 0 Å². The van der Waals surface area contributed by atoms with Gasteiger partial charge in [-0.2, -0.15) is 18.4 Å². The monoisotopic (exact) mass is 282 g/mol. The molecule has 1 aliphatic rings. The van der Waals surface area contributed by atoms with E-state index in [9.17, 15) is 18.0 Å². The molecule has 1 saturated carbocycles. The number of nitrogens with zero attached hydrogens (tertiary/aromatic N) is 1. The number of nitriles is 1. The molecule has 2 rings (SSSR count). The fraction of sp³-hybridized carbons (Fsp3) is 0.429. The van der Waals surface area contributed by atoms with Gasteiger partial charge in [0.1, 0.15) is 5.54 Å². The molecule has 1 fully saturated rings. The average molecular weight is 282 g/mol. The van der Waals surface area contributed by atoms with E-state index >= 15 is 0 Å². The van der Waals surface area contributed by atoms with Gasteiger partial charge in [-0.15, -0.1) is 0 Å². The van der Waals surface area contributed by atoms with Crippen LogP contribution in [0.5, 0.6) is 0 Å². The minimum atomic E-state index is -4.60. The molecule has 0 aromatic heterocycles. The summed E-state index contributed by atoms with van der Waals surface area (Å²) >= 11 is 0. The fourth-order valence-corrected chi connectivity index (χ4v) is 2.52. The number of carbonyl (C=O) groups is 1. The average Bonchev–Trinajstić information content (AvgIpc) is 2.40. The Bertz CT molecular complexity index is 589. The Morgan fingerprint density at radius 1 is 1.30 bits per heavy atom. The minimum Gasteiger partial charge on any atom is -0.315 e. The summed E-state index contributed by atoms with van der Waals surface area (Å²) in [6.45, 7) is 0. The molecule has 0 spiro atoms. The zero-order valence-corrected chi connectivity index (χ0v) is 10.6. The number of hydrogen-bond donors (Lipinski definition) is 1. The number of halogens is 3. The van der Waals surface area contributed by atoms with Gasteiger partial charge in [0, 0.05) is 6.42 Å². The van der Waals surface area contributed by atoms with E-state index in [1.807, 2.05) is 0 Å². The van der Waals surface area contributed by atoms with Crippen molar-refractivity contribution in [3.8, 4) is 6.07 Å². The van der Waals surface area contributed by atoms with Crippen LogP contribution in [0.4, 0.5) is 13.2 Å². The molecule has 1 unspecified atom stereocenters. The van der Waals surface area contributed by atoms with Gasteiger partial charge >= 0.3 is 6.18 Å². The molecule has 6 heteroatoms. The van der Waals surface area contributed by atoms with Crippen molar-refractivity contribution in [2.75, 3.05) is 0 Å². The number of rotatable bonds is 1. The lowest BCUT2D eigenvalue weighted by molar-refractivity contribution is -0.137. The van der Waals surface area contributed by atoms with Gasteiger partial charge in [0.05, 0.1) is 17.2 Å². The number of Topliss-reactive ketones (excluding diaryl/α,β-unsaturated/α-hetero) is 1. The molecule has 1 aromatic carbocycles.